The second-order valence-corrected chi connectivity index (χ2v) is 7.95. The van der Waals surface area contributed by atoms with Gasteiger partial charge < -0.3 is 15.4 Å². The normalized spacial score (nSPS) is 28.9. The molecule has 0 radical (unpaired) electrons. The summed E-state index contributed by atoms with van der Waals surface area (Å²) in [6, 6.07) is 12.1. The van der Waals surface area contributed by atoms with Crippen molar-refractivity contribution in [2.45, 2.75) is 18.9 Å². The highest BCUT2D eigenvalue weighted by molar-refractivity contribution is 6.05. The largest absolute Gasteiger partial charge is 0.462 e. The molecule has 3 aliphatic rings. The van der Waals surface area contributed by atoms with E-state index < -0.39 is 0 Å². The van der Waals surface area contributed by atoms with Gasteiger partial charge in [-0.2, -0.15) is 0 Å². The van der Waals surface area contributed by atoms with Crippen LogP contribution in [0.3, 0.4) is 0 Å². The van der Waals surface area contributed by atoms with Crippen LogP contribution >= 0.6 is 0 Å². The first-order chi connectivity index (χ1) is 14.0. The Bertz CT molecular complexity index is 1000. The highest BCUT2D eigenvalue weighted by atomic mass is 19.1. The summed E-state index contributed by atoms with van der Waals surface area (Å²) < 4.78 is 18.4. The van der Waals surface area contributed by atoms with Crippen molar-refractivity contribution in [2.24, 2.45) is 23.7 Å². The van der Waals surface area contributed by atoms with Gasteiger partial charge in [0, 0.05) is 22.9 Å². The number of anilines is 2. The summed E-state index contributed by atoms with van der Waals surface area (Å²) in [6.45, 7) is 0. The fourth-order valence-corrected chi connectivity index (χ4v) is 5.06. The van der Waals surface area contributed by atoms with E-state index in [-0.39, 0.29) is 53.4 Å². The van der Waals surface area contributed by atoms with Gasteiger partial charge in [0.15, 0.2) is 0 Å². The van der Waals surface area contributed by atoms with E-state index >= 15 is 0 Å². The van der Waals surface area contributed by atoms with Gasteiger partial charge in [-0.25, -0.2) is 4.39 Å². The summed E-state index contributed by atoms with van der Waals surface area (Å²) >= 11 is 0. The van der Waals surface area contributed by atoms with Gasteiger partial charge in [-0.3, -0.25) is 14.4 Å². The van der Waals surface area contributed by atoms with Gasteiger partial charge >= 0.3 is 5.97 Å². The van der Waals surface area contributed by atoms with Crippen LogP contribution in [-0.4, -0.2) is 23.9 Å². The quantitative estimate of drug-likeness (QED) is 0.780. The van der Waals surface area contributed by atoms with Crippen molar-refractivity contribution < 1.29 is 23.5 Å². The zero-order valence-corrected chi connectivity index (χ0v) is 15.4. The van der Waals surface area contributed by atoms with E-state index in [9.17, 15) is 18.8 Å². The zero-order chi connectivity index (χ0) is 20.1. The number of halogens is 1. The lowest BCUT2D eigenvalue weighted by atomic mass is 9.79. The van der Waals surface area contributed by atoms with Gasteiger partial charge in [-0.15, -0.1) is 0 Å². The van der Waals surface area contributed by atoms with Gasteiger partial charge in [0.25, 0.3) is 5.91 Å². The van der Waals surface area contributed by atoms with Crippen LogP contribution in [0, 0.1) is 29.5 Å². The molecule has 2 aliphatic carbocycles. The van der Waals surface area contributed by atoms with Crippen molar-refractivity contribution in [3.63, 3.8) is 0 Å². The molecular formula is C22H19FN2O4. The molecular weight excluding hydrogens is 375 g/mol. The number of benzene rings is 2. The maximum atomic E-state index is 13.0. The Hall–Kier alpha value is -3.22. The van der Waals surface area contributed by atoms with Gasteiger partial charge in [0.1, 0.15) is 11.9 Å². The summed E-state index contributed by atoms with van der Waals surface area (Å²) in [5.74, 6) is -1.58. The smallest absolute Gasteiger partial charge is 0.310 e. The third-order valence-electron chi connectivity index (χ3n) is 6.28. The number of ether oxygens (including phenoxy) is 1. The summed E-state index contributed by atoms with van der Waals surface area (Å²) in [5.41, 5.74) is 1.33. The summed E-state index contributed by atoms with van der Waals surface area (Å²) in [7, 11) is 0. The number of rotatable bonds is 4. The number of carbonyl (C=O) groups excluding carboxylic acids is 3. The van der Waals surface area contributed by atoms with Crippen molar-refractivity contribution >= 4 is 29.2 Å². The minimum atomic E-state index is -0.384. The monoisotopic (exact) mass is 394 g/mol. The molecule has 2 N–H and O–H groups in total. The topological polar surface area (TPSA) is 84.5 Å². The number of hydrogen-bond donors (Lipinski definition) is 2. The van der Waals surface area contributed by atoms with Crippen molar-refractivity contribution in [2.75, 3.05) is 10.6 Å². The fraction of sp³-hybridized carbons (Fsp3) is 0.318. The van der Waals surface area contributed by atoms with Crippen molar-refractivity contribution in [3.8, 4) is 0 Å². The van der Waals surface area contributed by atoms with Crippen LogP contribution in [0.4, 0.5) is 15.8 Å². The molecule has 1 heterocycles. The molecule has 3 fully saturated rings. The molecule has 2 aromatic rings. The summed E-state index contributed by atoms with van der Waals surface area (Å²) in [6.07, 6.45) is 1.60. The summed E-state index contributed by atoms with van der Waals surface area (Å²) in [4.78, 5) is 37.5. The minimum Gasteiger partial charge on any atom is -0.462 e. The third kappa shape index (κ3) is 3.06. The molecule has 29 heavy (non-hydrogen) atoms. The van der Waals surface area contributed by atoms with Crippen LogP contribution < -0.4 is 10.6 Å². The number of hydrogen-bond acceptors (Lipinski definition) is 4. The molecule has 2 aromatic carbocycles. The van der Waals surface area contributed by atoms with E-state index in [4.69, 9.17) is 4.74 Å². The Morgan fingerprint density at radius 1 is 1.00 bits per heavy atom. The highest BCUT2D eigenvalue weighted by Crippen LogP contribution is 2.57. The number of nitrogens with one attached hydrogen (secondary N) is 2. The molecule has 2 amide bonds. The number of esters is 1. The Morgan fingerprint density at radius 3 is 2.59 bits per heavy atom. The molecule has 0 aromatic heterocycles. The predicted octanol–water partition coefficient (Wildman–Crippen LogP) is 3.21. The molecule has 2 bridgehead atoms. The molecule has 2 saturated carbocycles. The van der Waals surface area contributed by atoms with E-state index in [1.807, 2.05) is 0 Å². The maximum Gasteiger partial charge on any atom is 0.310 e. The first kappa shape index (κ1) is 17.8. The van der Waals surface area contributed by atoms with Crippen molar-refractivity contribution in [1.82, 2.24) is 0 Å². The predicted molar refractivity (Wildman–Crippen MR) is 102 cm³/mol. The first-order valence-corrected chi connectivity index (χ1v) is 9.68. The van der Waals surface area contributed by atoms with Gasteiger partial charge in [-0.1, -0.05) is 6.07 Å². The van der Waals surface area contributed by atoms with Crippen LogP contribution in [0.1, 0.15) is 23.2 Å². The average Bonchev–Trinajstić information content (AvgIpc) is 3.32. The van der Waals surface area contributed by atoms with Gasteiger partial charge in [-0.05, 0) is 61.2 Å². The number of fused-ring (bicyclic) bond motifs is 1. The molecule has 5 atom stereocenters. The van der Waals surface area contributed by atoms with Crippen LogP contribution in [0.15, 0.2) is 48.5 Å². The first-order valence-electron chi connectivity index (χ1n) is 9.68. The lowest BCUT2D eigenvalue weighted by Gasteiger charge is -2.23. The number of amides is 2. The standard InChI is InChI=1S/C22H19FN2O4/c23-13-4-6-14(7-5-13)24-20(26)11-2-1-3-15(8-11)25-21(27)18-12-9-16-17(10-12)29-22(28)19(16)18/h1-8,12,16-19H,9-10H2,(H,24,26)(H,25,27)/t12-,16+,17+,18-,19+/m1/s1. The Balaban J connectivity index is 1.29. The molecule has 0 unspecified atom stereocenters. The Morgan fingerprint density at radius 2 is 1.79 bits per heavy atom. The average molecular weight is 394 g/mol. The number of carbonyl (C=O) groups is 3. The van der Waals surface area contributed by atoms with Crippen LogP contribution in [-0.2, 0) is 14.3 Å². The second kappa shape index (κ2) is 6.69. The zero-order valence-electron chi connectivity index (χ0n) is 15.4. The third-order valence-corrected chi connectivity index (χ3v) is 6.28. The fourth-order valence-electron chi connectivity index (χ4n) is 5.06. The van der Waals surface area contributed by atoms with Crippen LogP contribution in [0.25, 0.3) is 0 Å². The molecule has 148 valence electrons. The van der Waals surface area contributed by atoms with E-state index in [0.717, 1.165) is 12.8 Å². The van der Waals surface area contributed by atoms with Crippen LogP contribution in [0.2, 0.25) is 0 Å². The minimum absolute atomic E-state index is 0.0139. The highest BCUT2D eigenvalue weighted by Gasteiger charge is 2.63. The lowest BCUT2D eigenvalue weighted by Crippen LogP contribution is -2.35. The molecule has 5 rings (SSSR count). The Labute approximate surface area is 166 Å². The lowest BCUT2D eigenvalue weighted by molar-refractivity contribution is -0.145. The van der Waals surface area contributed by atoms with E-state index in [2.05, 4.69) is 10.6 Å². The molecule has 1 aliphatic heterocycles. The van der Waals surface area contributed by atoms with Crippen LogP contribution in [0.5, 0.6) is 0 Å². The second-order valence-electron chi connectivity index (χ2n) is 7.95. The van der Waals surface area contributed by atoms with E-state index in [0.29, 0.717) is 16.9 Å². The summed E-state index contributed by atoms with van der Waals surface area (Å²) in [5, 5.41) is 5.55. The molecule has 0 spiro atoms. The van der Waals surface area contributed by atoms with Gasteiger partial charge in [0.05, 0.1) is 11.8 Å². The molecule has 6 nitrogen and oxygen atoms in total. The van der Waals surface area contributed by atoms with Gasteiger partial charge in [0.2, 0.25) is 5.91 Å². The molecule has 7 heteroatoms. The van der Waals surface area contributed by atoms with Crippen molar-refractivity contribution in [3.05, 3.63) is 59.9 Å². The maximum absolute atomic E-state index is 13.0. The van der Waals surface area contributed by atoms with Crippen molar-refractivity contribution in [1.29, 1.82) is 0 Å². The Kier molecular flexibility index (Phi) is 4.12. The van der Waals surface area contributed by atoms with E-state index in [1.165, 1.54) is 24.3 Å². The SMILES string of the molecule is O=C(Nc1ccc(F)cc1)c1cccc(NC(=O)[C@@H]2[C@@H]3C[C@@H]4[C@@H]2C(=O)O[C@H]4C3)c1. The molecule has 1 saturated heterocycles. The van der Waals surface area contributed by atoms with E-state index in [1.54, 1.807) is 24.3 Å².